The van der Waals surface area contributed by atoms with E-state index < -0.39 is 5.91 Å². The number of aryl methyl sites for hydroxylation is 3. The van der Waals surface area contributed by atoms with Crippen LogP contribution in [0.2, 0.25) is 0 Å². The summed E-state index contributed by atoms with van der Waals surface area (Å²) >= 11 is 4.73. The predicted octanol–water partition coefficient (Wildman–Crippen LogP) is 1.57. The maximum atomic E-state index is 12.3. The van der Waals surface area contributed by atoms with E-state index in [2.05, 4.69) is 41.8 Å². The second kappa shape index (κ2) is 7.69. The van der Waals surface area contributed by atoms with E-state index in [0.29, 0.717) is 22.3 Å². The van der Waals surface area contributed by atoms with Gasteiger partial charge in [-0.3, -0.25) is 20.4 Å². The fourth-order valence-electron chi connectivity index (χ4n) is 2.68. The summed E-state index contributed by atoms with van der Waals surface area (Å²) in [5, 5.41) is 4.98. The van der Waals surface area contributed by atoms with Gasteiger partial charge in [0.05, 0.1) is 6.42 Å². The molecular weight excluding hydrogens is 434 g/mol. The normalized spacial score (nSPS) is 11.0. The van der Waals surface area contributed by atoms with Gasteiger partial charge in [-0.1, -0.05) is 11.8 Å². The molecule has 142 valence electrons. The van der Waals surface area contributed by atoms with E-state index in [9.17, 15) is 9.59 Å². The van der Waals surface area contributed by atoms with Crippen LogP contribution in [0.4, 0.5) is 0 Å². The molecule has 0 fully saturated rings. The molecule has 9 nitrogen and oxygen atoms in total. The Bertz CT molecular complexity index is 1040. The second-order valence-corrected chi connectivity index (χ2v) is 7.59. The molecule has 0 saturated carbocycles. The molecule has 2 amide bonds. The van der Waals surface area contributed by atoms with E-state index in [1.807, 2.05) is 20.1 Å². The minimum Gasteiger partial charge on any atom is -0.345 e. The highest BCUT2D eigenvalue weighted by Gasteiger charge is 2.17. The number of thioether (sulfide) groups is 1. The second-order valence-electron chi connectivity index (χ2n) is 5.91. The van der Waals surface area contributed by atoms with Gasteiger partial charge in [-0.25, -0.2) is 9.50 Å². The molecule has 0 spiro atoms. The van der Waals surface area contributed by atoms with Crippen molar-refractivity contribution in [3.63, 3.8) is 0 Å². The molecule has 0 saturated heterocycles. The molecule has 3 aromatic rings. The molecule has 0 radical (unpaired) electrons. The summed E-state index contributed by atoms with van der Waals surface area (Å²) in [6, 6.07) is 1.67. The van der Waals surface area contributed by atoms with Crippen LogP contribution in [-0.2, 0) is 18.3 Å². The first-order valence-corrected chi connectivity index (χ1v) is 9.99. The van der Waals surface area contributed by atoms with Crippen LogP contribution in [0.3, 0.4) is 0 Å². The van der Waals surface area contributed by atoms with Gasteiger partial charge in [-0.15, -0.1) is 5.10 Å². The topological polar surface area (TPSA) is 106 Å². The molecule has 0 atom stereocenters. The van der Waals surface area contributed by atoms with Gasteiger partial charge in [0.15, 0.2) is 0 Å². The van der Waals surface area contributed by atoms with Crippen LogP contribution in [0.1, 0.15) is 27.4 Å². The Morgan fingerprint density at radius 3 is 2.63 bits per heavy atom. The highest BCUT2D eigenvalue weighted by Crippen LogP contribution is 2.17. The van der Waals surface area contributed by atoms with Crippen molar-refractivity contribution in [2.45, 2.75) is 25.4 Å². The van der Waals surface area contributed by atoms with Crippen LogP contribution in [0.15, 0.2) is 21.9 Å². The number of nitrogens with one attached hydrogen (secondary N) is 2. The smallest absolute Gasteiger partial charge is 0.286 e. The Morgan fingerprint density at radius 1 is 1.26 bits per heavy atom. The number of carbonyl (C=O) groups excluding carboxylic acids is 2. The fourth-order valence-corrected chi connectivity index (χ4v) is 3.54. The molecule has 3 aromatic heterocycles. The summed E-state index contributed by atoms with van der Waals surface area (Å²) in [5.41, 5.74) is 7.52. The third-order valence-corrected chi connectivity index (χ3v) is 5.04. The quantitative estimate of drug-likeness (QED) is 0.460. The Hall–Kier alpha value is -2.40. The lowest BCUT2D eigenvalue weighted by Gasteiger charge is -2.11. The van der Waals surface area contributed by atoms with Gasteiger partial charge in [0.1, 0.15) is 5.69 Å². The van der Waals surface area contributed by atoms with E-state index in [-0.39, 0.29) is 12.3 Å². The summed E-state index contributed by atoms with van der Waals surface area (Å²) in [6.07, 6.45) is 3.71. The largest absolute Gasteiger partial charge is 0.345 e. The number of hydrogen-bond donors (Lipinski definition) is 2. The number of nitrogens with zero attached hydrogens (tertiary/aromatic N) is 5. The van der Waals surface area contributed by atoms with Crippen molar-refractivity contribution in [2.75, 3.05) is 6.26 Å². The molecule has 0 aromatic carbocycles. The first kappa shape index (κ1) is 19.4. The third-order valence-electron chi connectivity index (χ3n) is 4.07. The maximum absolute atomic E-state index is 12.3. The van der Waals surface area contributed by atoms with Gasteiger partial charge in [0.2, 0.25) is 11.1 Å². The van der Waals surface area contributed by atoms with Crippen molar-refractivity contribution in [2.24, 2.45) is 7.05 Å². The van der Waals surface area contributed by atoms with Gasteiger partial charge in [0.25, 0.3) is 11.7 Å². The van der Waals surface area contributed by atoms with Crippen molar-refractivity contribution in [3.8, 4) is 0 Å². The summed E-state index contributed by atoms with van der Waals surface area (Å²) in [4.78, 5) is 33.2. The number of fused-ring (bicyclic) bond motifs is 1. The van der Waals surface area contributed by atoms with Crippen molar-refractivity contribution >= 4 is 45.3 Å². The number of hydrazine groups is 1. The van der Waals surface area contributed by atoms with Crippen LogP contribution >= 0.6 is 27.7 Å². The van der Waals surface area contributed by atoms with Crippen LogP contribution < -0.4 is 10.9 Å². The van der Waals surface area contributed by atoms with Gasteiger partial charge in [-0.05, 0) is 42.1 Å². The molecule has 3 heterocycles. The average Bonchev–Trinajstić information content (AvgIpc) is 3.18. The number of rotatable bonds is 4. The zero-order valence-corrected chi connectivity index (χ0v) is 17.6. The molecule has 0 aliphatic rings. The number of amides is 2. The SMILES string of the molecule is CSc1nc2nc(C)c(CC(=O)NNC(=O)c3cc(Br)cn3C)c(C)n2n1. The Labute approximate surface area is 168 Å². The highest BCUT2D eigenvalue weighted by molar-refractivity contribution is 9.10. The standard InChI is InChI=1S/C16H18BrN7O2S/c1-8-11(9(2)24-15(18-8)19-16(22-24)27-4)6-13(25)20-21-14(26)12-5-10(17)7-23(12)3/h5,7H,6H2,1-4H3,(H,20,25)(H,21,26). The first-order chi connectivity index (χ1) is 12.8. The molecule has 11 heteroatoms. The minimum atomic E-state index is -0.403. The first-order valence-electron chi connectivity index (χ1n) is 7.98. The Balaban J connectivity index is 1.72. The number of aromatic nitrogens is 5. The summed E-state index contributed by atoms with van der Waals surface area (Å²) < 4.78 is 4.07. The Kier molecular flexibility index (Phi) is 5.51. The van der Waals surface area contributed by atoms with Crippen molar-refractivity contribution in [1.29, 1.82) is 0 Å². The van der Waals surface area contributed by atoms with E-state index in [4.69, 9.17) is 0 Å². The van der Waals surface area contributed by atoms with Crippen LogP contribution in [-0.4, -0.2) is 42.2 Å². The van der Waals surface area contributed by atoms with E-state index in [1.165, 1.54) is 11.8 Å². The predicted molar refractivity (Wildman–Crippen MR) is 104 cm³/mol. The van der Waals surface area contributed by atoms with Crippen LogP contribution in [0.5, 0.6) is 0 Å². The van der Waals surface area contributed by atoms with Crippen LogP contribution in [0.25, 0.3) is 5.78 Å². The van der Waals surface area contributed by atoms with Crippen molar-refractivity contribution in [3.05, 3.63) is 39.4 Å². The van der Waals surface area contributed by atoms with Crippen molar-refractivity contribution in [1.82, 2.24) is 35.0 Å². The van der Waals surface area contributed by atoms with Crippen LogP contribution in [0, 0.1) is 13.8 Å². The lowest BCUT2D eigenvalue weighted by Crippen LogP contribution is -2.43. The zero-order valence-electron chi connectivity index (χ0n) is 15.2. The minimum absolute atomic E-state index is 0.0617. The van der Waals surface area contributed by atoms with Gasteiger partial charge in [0, 0.05) is 34.7 Å². The molecule has 0 bridgehead atoms. The highest BCUT2D eigenvalue weighted by atomic mass is 79.9. The fraction of sp³-hybridized carbons (Fsp3) is 0.312. The number of carbonyl (C=O) groups is 2. The molecule has 27 heavy (non-hydrogen) atoms. The lowest BCUT2D eigenvalue weighted by molar-refractivity contribution is -0.121. The third kappa shape index (κ3) is 3.98. The molecule has 2 N–H and O–H groups in total. The van der Waals surface area contributed by atoms with Gasteiger partial charge >= 0.3 is 0 Å². The summed E-state index contributed by atoms with van der Waals surface area (Å²) in [6.45, 7) is 3.69. The summed E-state index contributed by atoms with van der Waals surface area (Å²) in [5.74, 6) is -0.255. The molecule has 0 aliphatic heterocycles. The zero-order chi connectivity index (χ0) is 19.7. The van der Waals surface area contributed by atoms with Gasteiger partial charge in [-0.2, -0.15) is 4.98 Å². The molecule has 0 aliphatic carbocycles. The van der Waals surface area contributed by atoms with Crippen molar-refractivity contribution < 1.29 is 9.59 Å². The van der Waals surface area contributed by atoms with Gasteiger partial charge < -0.3 is 4.57 Å². The lowest BCUT2D eigenvalue weighted by atomic mass is 10.1. The maximum Gasteiger partial charge on any atom is 0.286 e. The average molecular weight is 452 g/mol. The molecular formula is C16H18BrN7O2S. The van der Waals surface area contributed by atoms with E-state index >= 15 is 0 Å². The summed E-state index contributed by atoms with van der Waals surface area (Å²) in [7, 11) is 1.75. The number of hydrogen-bond acceptors (Lipinski definition) is 6. The van der Waals surface area contributed by atoms with E-state index in [0.717, 1.165) is 15.7 Å². The molecule has 3 rings (SSSR count). The van der Waals surface area contributed by atoms with E-state index in [1.54, 1.807) is 28.4 Å². The monoisotopic (exact) mass is 451 g/mol. The number of halogens is 1. The molecule has 0 unspecified atom stereocenters. The Morgan fingerprint density at radius 2 is 2.00 bits per heavy atom.